The molecule has 1 N–H and O–H groups in total. The van der Waals surface area contributed by atoms with Crippen molar-refractivity contribution in [3.63, 3.8) is 0 Å². The SMILES string of the molecule is CO[C@@H]1C[C@@H](c2ncc(-c3cccnc3)[nH]2)N(C(=O)c2cc(C)on2)C1. The zero-order valence-corrected chi connectivity index (χ0v) is 14.5. The number of nitrogens with one attached hydrogen (secondary N) is 1. The zero-order valence-electron chi connectivity index (χ0n) is 14.5. The summed E-state index contributed by atoms with van der Waals surface area (Å²) >= 11 is 0. The average molecular weight is 353 g/mol. The number of aromatic nitrogens is 4. The standard InChI is InChI=1S/C18H19N5O3/c1-11-6-14(22-26-11)18(24)23-10-13(25-2)7-16(23)17-20-9-15(21-17)12-4-3-5-19-8-12/h3-6,8-9,13,16H,7,10H2,1-2H3,(H,20,21)/t13-,16+/m1/s1. The van der Waals surface area contributed by atoms with E-state index in [0.29, 0.717) is 24.4 Å². The Labute approximate surface area is 150 Å². The molecule has 2 atom stereocenters. The molecule has 8 heteroatoms. The third-order valence-electron chi connectivity index (χ3n) is 4.59. The summed E-state index contributed by atoms with van der Waals surface area (Å²) in [5.74, 6) is 1.13. The molecule has 0 saturated carbocycles. The van der Waals surface area contributed by atoms with Crippen LogP contribution in [0.3, 0.4) is 0 Å². The van der Waals surface area contributed by atoms with Gasteiger partial charge in [0.05, 0.1) is 24.0 Å². The molecule has 0 radical (unpaired) electrons. The van der Waals surface area contributed by atoms with Crippen LogP contribution in [-0.2, 0) is 4.74 Å². The molecule has 26 heavy (non-hydrogen) atoms. The Morgan fingerprint density at radius 1 is 1.42 bits per heavy atom. The molecule has 0 bridgehead atoms. The van der Waals surface area contributed by atoms with Crippen molar-refractivity contribution < 1.29 is 14.1 Å². The molecular formula is C18H19N5O3. The van der Waals surface area contributed by atoms with Gasteiger partial charge in [-0.15, -0.1) is 0 Å². The van der Waals surface area contributed by atoms with Crippen LogP contribution >= 0.6 is 0 Å². The number of methoxy groups -OCH3 is 1. The minimum absolute atomic E-state index is 0.0520. The summed E-state index contributed by atoms with van der Waals surface area (Å²) in [6, 6.07) is 5.26. The highest BCUT2D eigenvalue weighted by Gasteiger charge is 2.39. The highest BCUT2D eigenvalue weighted by Crippen LogP contribution is 2.34. The summed E-state index contributed by atoms with van der Waals surface area (Å²) in [5.41, 5.74) is 2.10. The van der Waals surface area contributed by atoms with Crippen molar-refractivity contribution in [3.8, 4) is 11.3 Å². The predicted octanol–water partition coefficient (Wildman–Crippen LogP) is 2.37. The van der Waals surface area contributed by atoms with Crippen LogP contribution in [0.4, 0.5) is 0 Å². The second-order valence-corrected chi connectivity index (χ2v) is 6.31. The Bertz CT molecular complexity index is 904. The fraction of sp³-hybridized carbons (Fsp3) is 0.333. The number of imidazole rings is 1. The van der Waals surface area contributed by atoms with Crippen molar-refractivity contribution in [2.75, 3.05) is 13.7 Å². The smallest absolute Gasteiger partial charge is 0.276 e. The minimum Gasteiger partial charge on any atom is -0.380 e. The van der Waals surface area contributed by atoms with Gasteiger partial charge in [0, 0.05) is 44.1 Å². The van der Waals surface area contributed by atoms with Gasteiger partial charge in [0.2, 0.25) is 0 Å². The number of nitrogens with zero attached hydrogens (tertiary/aromatic N) is 4. The van der Waals surface area contributed by atoms with E-state index in [1.165, 1.54) is 0 Å². The van der Waals surface area contributed by atoms with Gasteiger partial charge in [0.15, 0.2) is 5.69 Å². The second kappa shape index (κ2) is 6.72. The van der Waals surface area contributed by atoms with Gasteiger partial charge in [-0.2, -0.15) is 0 Å². The molecule has 0 aromatic carbocycles. The number of carbonyl (C=O) groups excluding carboxylic acids is 1. The number of amides is 1. The van der Waals surface area contributed by atoms with Crippen molar-refractivity contribution >= 4 is 5.91 Å². The maximum Gasteiger partial charge on any atom is 0.276 e. The second-order valence-electron chi connectivity index (χ2n) is 6.31. The summed E-state index contributed by atoms with van der Waals surface area (Å²) in [4.78, 5) is 26.6. The molecular weight excluding hydrogens is 334 g/mol. The third-order valence-corrected chi connectivity index (χ3v) is 4.59. The molecule has 8 nitrogen and oxygen atoms in total. The maximum atomic E-state index is 12.9. The van der Waals surface area contributed by atoms with E-state index in [-0.39, 0.29) is 18.1 Å². The van der Waals surface area contributed by atoms with Crippen molar-refractivity contribution in [3.05, 3.63) is 54.1 Å². The fourth-order valence-electron chi connectivity index (χ4n) is 3.24. The molecule has 1 aliphatic heterocycles. The van der Waals surface area contributed by atoms with E-state index in [1.54, 1.807) is 43.6 Å². The van der Waals surface area contributed by atoms with Crippen molar-refractivity contribution in [2.24, 2.45) is 0 Å². The largest absolute Gasteiger partial charge is 0.380 e. The van der Waals surface area contributed by atoms with E-state index in [0.717, 1.165) is 17.1 Å². The molecule has 3 aromatic rings. The van der Waals surface area contributed by atoms with Crippen molar-refractivity contribution in [1.82, 2.24) is 25.0 Å². The summed E-state index contributed by atoms with van der Waals surface area (Å²) in [5, 5.41) is 3.85. The number of H-pyrrole nitrogens is 1. The van der Waals surface area contributed by atoms with Crippen LogP contribution < -0.4 is 0 Å². The lowest BCUT2D eigenvalue weighted by atomic mass is 10.2. The molecule has 0 spiro atoms. The topological polar surface area (TPSA) is 97.1 Å². The number of hydrogen-bond donors (Lipinski definition) is 1. The van der Waals surface area contributed by atoms with Crippen molar-refractivity contribution in [1.29, 1.82) is 0 Å². The maximum absolute atomic E-state index is 12.9. The van der Waals surface area contributed by atoms with Gasteiger partial charge in [-0.05, 0) is 19.1 Å². The number of ether oxygens (including phenoxy) is 1. The van der Waals surface area contributed by atoms with E-state index in [2.05, 4.69) is 20.1 Å². The van der Waals surface area contributed by atoms with E-state index >= 15 is 0 Å². The normalized spacial score (nSPS) is 19.8. The lowest BCUT2D eigenvalue weighted by molar-refractivity contribution is 0.0674. The third kappa shape index (κ3) is 2.99. The molecule has 1 saturated heterocycles. The van der Waals surface area contributed by atoms with E-state index < -0.39 is 0 Å². The number of aromatic amines is 1. The van der Waals surface area contributed by atoms with Gasteiger partial charge >= 0.3 is 0 Å². The summed E-state index contributed by atoms with van der Waals surface area (Å²) < 4.78 is 10.5. The van der Waals surface area contributed by atoms with Gasteiger partial charge in [0.25, 0.3) is 5.91 Å². The number of likely N-dealkylation sites (tertiary alicyclic amines) is 1. The number of carbonyl (C=O) groups is 1. The first-order valence-electron chi connectivity index (χ1n) is 8.38. The quantitative estimate of drug-likeness (QED) is 0.773. The van der Waals surface area contributed by atoms with Crippen LogP contribution in [0.2, 0.25) is 0 Å². The molecule has 3 aromatic heterocycles. The number of hydrogen-bond acceptors (Lipinski definition) is 6. The monoisotopic (exact) mass is 353 g/mol. The predicted molar refractivity (Wildman–Crippen MR) is 92.3 cm³/mol. The summed E-state index contributed by atoms with van der Waals surface area (Å²) in [6.45, 7) is 2.24. The minimum atomic E-state index is -0.213. The zero-order chi connectivity index (χ0) is 18.1. The number of pyridine rings is 1. The lowest BCUT2D eigenvalue weighted by Crippen LogP contribution is -2.32. The first-order chi connectivity index (χ1) is 12.7. The lowest BCUT2D eigenvalue weighted by Gasteiger charge is -2.21. The molecule has 4 rings (SSSR count). The van der Waals surface area contributed by atoms with Gasteiger partial charge in [-0.1, -0.05) is 5.16 Å². The van der Waals surface area contributed by atoms with Crippen LogP contribution in [0, 0.1) is 6.92 Å². The molecule has 4 heterocycles. The van der Waals surface area contributed by atoms with Gasteiger partial charge in [-0.3, -0.25) is 9.78 Å². The summed E-state index contributed by atoms with van der Waals surface area (Å²) in [7, 11) is 1.65. The van der Waals surface area contributed by atoms with E-state index in [4.69, 9.17) is 9.26 Å². The highest BCUT2D eigenvalue weighted by molar-refractivity contribution is 5.92. The Morgan fingerprint density at radius 2 is 2.31 bits per heavy atom. The molecule has 134 valence electrons. The van der Waals surface area contributed by atoms with Crippen molar-refractivity contribution in [2.45, 2.75) is 25.5 Å². The molecule has 0 unspecified atom stereocenters. The summed E-state index contributed by atoms with van der Waals surface area (Å²) in [6.07, 6.45) is 5.87. The first kappa shape index (κ1) is 16.5. The van der Waals surface area contributed by atoms with Gasteiger partial charge in [-0.25, -0.2) is 4.98 Å². The molecule has 0 aliphatic carbocycles. The number of rotatable bonds is 4. The molecule has 1 amide bonds. The van der Waals surface area contributed by atoms with Gasteiger partial charge < -0.3 is 19.1 Å². The number of aryl methyl sites for hydroxylation is 1. The van der Waals surface area contributed by atoms with Gasteiger partial charge in [0.1, 0.15) is 11.6 Å². The Hall–Kier alpha value is -3.00. The Kier molecular flexibility index (Phi) is 4.26. The van der Waals surface area contributed by atoms with Crippen LogP contribution in [0.1, 0.15) is 34.5 Å². The average Bonchev–Trinajstić information content (AvgIpc) is 3.40. The first-order valence-corrected chi connectivity index (χ1v) is 8.38. The highest BCUT2D eigenvalue weighted by atomic mass is 16.5. The Morgan fingerprint density at radius 3 is 3.00 bits per heavy atom. The van der Waals surface area contributed by atoms with Crippen LogP contribution in [-0.4, -0.2) is 50.7 Å². The van der Waals surface area contributed by atoms with Crippen LogP contribution in [0.15, 0.2) is 41.3 Å². The fourth-order valence-corrected chi connectivity index (χ4v) is 3.24. The molecule has 1 fully saturated rings. The molecule has 1 aliphatic rings. The van der Waals surface area contributed by atoms with E-state index in [9.17, 15) is 4.79 Å². The van der Waals surface area contributed by atoms with E-state index in [1.807, 2.05) is 12.1 Å². The Balaban J connectivity index is 1.63. The van der Waals surface area contributed by atoms with Crippen LogP contribution in [0.25, 0.3) is 11.3 Å². The van der Waals surface area contributed by atoms with Crippen LogP contribution in [0.5, 0.6) is 0 Å².